The van der Waals surface area contributed by atoms with Gasteiger partial charge < -0.3 is 0 Å². The van der Waals surface area contributed by atoms with Crippen LogP contribution in [0.5, 0.6) is 0 Å². The Bertz CT molecular complexity index is 1060. The number of hydrogen-bond acceptors (Lipinski definition) is 4. The van der Waals surface area contributed by atoms with E-state index in [1.807, 2.05) is 91.0 Å². The fraction of sp³-hybridized carbons (Fsp3) is 0.0417. The van der Waals surface area contributed by atoms with Gasteiger partial charge in [-0.25, -0.2) is 4.99 Å². The third-order valence-electron chi connectivity index (χ3n) is 4.27. The summed E-state index contributed by atoms with van der Waals surface area (Å²) in [5.74, 6) is -0.0498. The second-order valence-corrected chi connectivity index (χ2v) is 7.39. The fourth-order valence-corrected chi connectivity index (χ4v) is 3.79. The van der Waals surface area contributed by atoms with Gasteiger partial charge in [-0.2, -0.15) is 0 Å². The van der Waals surface area contributed by atoms with Gasteiger partial charge in [0, 0.05) is 12.4 Å². The number of amidine groups is 1. The largest absolute Gasteiger partial charge is 0.282 e. The lowest BCUT2D eigenvalue weighted by Gasteiger charge is -2.15. The second-order valence-electron chi connectivity index (χ2n) is 6.39. The number of nitrogens with zero attached hydrogens (tertiary/aromatic N) is 3. The van der Waals surface area contributed by atoms with Crippen LogP contribution in [-0.2, 0) is 11.3 Å². The zero-order chi connectivity index (χ0) is 19.9. The zero-order valence-corrected chi connectivity index (χ0v) is 16.5. The molecule has 2 heterocycles. The molecule has 0 N–H and O–H groups in total. The number of carbonyl (C=O) groups is 1. The van der Waals surface area contributed by atoms with Gasteiger partial charge in [-0.05, 0) is 47.2 Å². The molecular weight excluding hydrogens is 378 g/mol. The highest BCUT2D eigenvalue weighted by atomic mass is 32.2. The van der Waals surface area contributed by atoms with Crippen molar-refractivity contribution in [3.05, 3.63) is 113 Å². The molecule has 0 aliphatic carbocycles. The average Bonchev–Trinajstić information content (AvgIpc) is 3.05. The molecule has 1 amide bonds. The Hall–Kier alpha value is -3.44. The molecule has 1 aliphatic heterocycles. The molecule has 1 fully saturated rings. The van der Waals surface area contributed by atoms with Gasteiger partial charge in [0.15, 0.2) is 5.17 Å². The Morgan fingerprint density at radius 1 is 0.966 bits per heavy atom. The minimum absolute atomic E-state index is 0.0498. The lowest BCUT2D eigenvalue weighted by Crippen LogP contribution is -2.28. The molecule has 4 nitrogen and oxygen atoms in total. The number of pyridine rings is 1. The predicted molar refractivity (Wildman–Crippen MR) is 119 cm³/mol. The molecule has 1 aliphatic rings. The van der Waals surface area contributed by atoms with Crippen LogP contribution < -0.4 is 0 Å². The molecule has 29 heavy (non-hydrogen) atoms. The number of para-hydroxylation sites is 1. The van der Waals surface area contributed by atoms with Crippen molar-refractivity contribution in [1.82, 2.24) is 9.88 Å². The first-order chi connectivity index (χ1) is 14.3. The summed E-state index contributed by atoms with van der Waals surface area (Å²) < 4.78 is 0. The Balaban J connectivity index is 1.61. The van der Waals surface area contributed by atoms with Crippen LogP contribution >= 0.6 is 11.8 Å². The quantitative estimate of drug-likeness (QED) is 0.539. The van der Waals surface area contributed by atoms with E-state index in [1.54, 1.807) is 17.3 Å². The number of allylic oxidation sites excluding steroid dienone is 2. The molecular formula is C24H19N3OS. The van der Waals surface area contributed by atoms with Crippen LogP contribution in [0.25, 0.3) is 6.08 Å². The van der Waals surface area contributed by atoms with E-state index in [1.165, 1.54) is 11.8 Å². The molecule has 1 aromatic heterocycles. The van der Waals surface area contributed by atoms with E-state index < -0.39 is 0 Å². The van der Waals surface area contributed by atoms with E-state index in [-0.39, 0.29) is 5.91 Å². The van der Waals surface area contributed by atoms with Crippen LogP contribution in [0.3, 0.4) is 0 Å². The number of carbonyl (C=O) groups excluding carboxylic acids is 1. The molecule has 2 aromatic carbocycles. The van der Waals surface area contributed by atoms with Crippen LogP contribution in [0.1, 0.15) is 11.1 Å². The number of rotatable bonds is 5. The van der Waals surface area contributed by atoms with E-state index in [9.17, 15) is 4.79 Å². The van der Waals surface area contributed by atoms with Crippen molar-refractivity contribution in [2.45, 2.75) is 6.54 Å². The maximum Gasteiger partial charge on any atom is 0.267 e. The second kappa shape index (κ2) is 9.17. The fourth-order valence-electron chi connectivity index (χ4n) is 2.84. The van der Waals surface area contributed by atoms with Gasteiger partial charge in [0.1, 0.15) is 0 Å². The molecule has 0 spiro atoms. The third-order valence-corrected chi connectivity index (χ3v) is 5.29. The summed E-state index contributed by atoms with van der Waals surface area (Å²) in [5, 5.41) is 0.671. The van der Waals surface area contributed by atoms with Gasteiger partial charge in [0.05, 0.1) is 17.1 Å². The normalized spacial score (nSPS) is 17.0. The van der Waals surface area contributed by atoms with Crippen molar-refractivity contribution < 1.29 is 4.79 Å². The first-order valence-corrected chi connectivity index (χ1v) is 10.1. The average molecular weight is 398 g/mol. The lowest BCUT2D eigenvalue weighted by molar-refractivity contribution is -0.122. The van der Waals surface area contributed by atoms with Gasteiger partial charge in [0.25, 0.3) is 5.91 Å². The Morgan fingerprint density at radius 2 is 1.72 bits per heavy atom. The lowest BCUT2D eigenvalue weighted by atomic mass is 10.2. The molecule has 3 aromatic rings. The van der Waals surface area contributed by atoms with Gasteiger partial charge in [-0.15, -0.1) is 0 Å². The molecule has 4 rings (SSSR count). The van der Waals surface area contributed by atoms with Crippen molar-refractivity contribution in [1.29, 1.82) is 0 Å². The van der Waals surface area contributed by atoms with Crippen LogP contribution in [-0.4, -0.2) is 21.0 Å². The summed E-state index contributed by atoms with van der Waals surface area (Å²) in [6, 6.07) is 23.5. The molecule has 142 valence electrons. The van der Waals surface area contributed by atoms with E-state index in [0.717, 1.165) is 16.8 Å². The zero-order valence-electron chi connectivity index (χ0n) is 15.7. The molecule has 1 saturated heterocycles. The van der Waals surface area contributed by atoms with Crippen LogP contribution in [0.2, 0.25) is 0 Å². The highest BCUT2D eigenvalue weighted by Gasteiger charge is 2.33. The monoisotopic (exact) mass is 397 g/mol. The Kier molecular flexibility index (Phi) is 5.98. The summed E-state index contributed by atoms with van der Waals surface area (Å²) in [7, 11) is 0. The molecule has 0 atom stereocenters. The number of aliphatic imine (C=N–C) groups is 1. The van der Waals surface area contributed by atoms with E-state index in [0.29, 0.717) is 16.6 Å². The van der Waals surface area contributed by atoms with Crippen molar-refractivity contribution in [2.24, 2.45) is 4.99 Å². The van der Waals surface area contributed by atoms with Crippen LogP contribution in [0.15, 0.2) is 107 Å². The highest BCUT2D eigenvalue weighted by Crippen LogP contribution is 2.33. The first-order valence-electron chi connectivity index (χ1n) is 9.25. The first kappa shape index (κ1) is 18.9. The highest BCUT2D eigenvalue weighted by molar-refractivity contribution is 8.18. The topological polar surface area (TPSA) is 45.6 Å². The summed E-state index contributed by atoms with van der Waals surface area (Å²) >= 11 is 1.39. The van der Waals surface area contributed by atoms with Gasteiger partial charge in [0.2, 0.25) is 0 Å². The minimum Gasteiger partial charge on any atom is -0.282 e. The van der Waals surface area contributed by atoms with E-state index >= 15 is 0 Å². The van der Waals surface area contributed by atoms with Crippen LogP contribution in [0.4, 0.5) is 5.69 Å². The number of thioether (sulfide) groups is 1. The van der Waals surface area contributed by atoms with Crippen molar-refractivity contribution in [3.8, 4) is 0 Å². The smallest absolute Gasteiger partial charge is 0.267 e. The molecule has 0 radical (unpaired) electrons. The standard InChI is InChI=1S/C24H19N3OS/c28-23-22(15-7-11-19-9-3-1-4-10-19)29-24(26-21-13-5-2-6-14-21)27(23)18-20-12-8-16-25-17-20/h1-17H,18H2/b11-7-,22-15-,26-24?. The molecule has 0 saturated carbocycles. The Morgan fingerprint density at radius 3 is 2.45 bits per heavy atom. The minimum atomic E-state index is -0.0498. The number of hydrogen-bond donors (Lipinski definition) is 0. The van der Waals surface area contributed by atoms with Crippen molar-refractivity contribution >= 4 is 34.6 Å². The van der Waals surface area contributed by atoms with Crippen molar-refractivity contribution in [3.63, 3.8) is 0 Å². The predicted octanol–water partition coefficient (Wildman–Crippen LogP) is 5.44. The maximum absolute atomic E-state index is 13.1. The molecule has 0 bridgehead atoms. The third kappa shape index (κ3) is 4.89. The van der Waals surface area contributed by atoms with Crippen LogP contribution in [0, 0.1) is 0 Å². The van der Waals surface area contributed by atoms with Gasteiger partial charge in [-0.1, -0.05) is 66.7 Å². The summed E-state index contributed by atoms with van der Waals surface area (Å²) in [5.41, 5.74) is 2.87. The SMILES string of the molecule is O=C1/C(=C/C=C\c2ccccc2)SC(=Nc2ccccc2)N1Cc1cccnc1. The van der Waals surface area contributed by atoms with E-state index in [2.05, 4.69) is 4.98 Å². The number of amides is 1. The molecule has 5 heteroatoms. The maximum atomic E-state index is 13.1. The molecule has 0 unspecified atom stereocenters. The van der Waals surface area contributed by atoms with Gasteiger partial charge in [-0.3, -0.25) is 14.7 Å². The van der Waals surface area contributed by atoms with Crippen molar-refractivity contribution in [2.75, 3.05) is 0 Å². The number of benzene rings is 2. The Labute approximate surface area is 174 Å². The van der Waals surface area contributed by atoms with Gasteiger partial charge >= 0.3 is 0 Å². The number of aromatic nitrogens is 1. The van der Waals surface area contributed by atoms with E-state index in [4.69, 9.17) is 4.99 Å². The summed E-state index contributed by atoms with van der Waals surface area (Å²) in [6.07, 6.45) is 9.24. The summed E-state index contributed by atoms with van der Waals surface area (Å²) in [6.45, 7) is 0.436. The summed E-state index contributed by atoms with van der Waals surface area (Å²) in [4.78, 5) is 24.3.